The van der Waals surface area contributed by atoms with Gasteiger partial charge in [0.25, 0.3) is 0 Å². The Morgan fingerprint density at radius 3 is 2.35 bits per heavy atom. The Morgan fingerprint density at radius 2 is 1.75 bits per heavy atom. The first-order valence-corrected chi connectivity index (χ1v) is 8.65. The zero-order valence-corrected chi connectivity index (χ0v) is 13.1. The van der Waals surface area contributed by atoms with Crippen LogP contribution >= 0.6 is 0 Å². The van der Waals surface area contributed by atoms with E-state index in [1.165, 1.54) is 51.4 Å². The van der Waals surface area contributed by atoms with Gasteiger partial charge < -0.3 is 11.1 Å². The van der Waals surface area contributed by atoms with Crippen molar-refractivity contribution >= 4 is 5.91 Å². The van der Waals surface area contributed by atoms with Crippen molar-refractivity contribution in [2.75, 3.05) is 6.54 Å². The number of nitrogens with one attached hydrogen (secondary N) is 1. The van der Waals surface area contributed by atoms with Gasteiger partial charge in [0.15, 0.2) is 0 Å². The molecule has 0 bridgehead atoms. The predicted molar refractivity (Wildman–Crippen MR) is 83.4 cm³/mol. The van der Waals surface area contributed by atoms with Gasteiger partial charge in [-0.15, -0.1) is 0 Å². The van der Waals surface area contributed by atoms with Gasteiger partial charge in [-0.05, 0) is 50.5 Å². The number of carbonyl (C=O) groups is 1. The van der Waals surface area contributed by atoms with Crippen LogP contribution in [-0.4, -0.2) is 18.5 Å². The second-order valence-corrected chi connectivity index (χ2v) is 7.20. The monoisotopic (exact) mass is 280 g/mol. The van der Waals surface area contributed by atoms with Gasteiger partial charge in [-0.1, -0.05) is 38.5 Å². The first kappa shape index (κ1) is 15.8. The molecule has 20 heavy (non-hydrogen) atoms. The van der Waals surface area contributed by atoms with E-state index >= 15 is 0 Å². The maximum atomic E-state index is 12.4. The number of hydrogen-bond donors (Lipinski definition) is 2. The minimum atomic E-state index is 0.0919. The topological polar surface area (TPSA) is 55.1 Å². The highest BCUT2D eigenvalue weighted by Gasteiger charge is 2.33. The Kier molecular flexibility index (Phi) is 5.88. The minimum Gasteiger partial charge on any atom is -0.353 e. The highest BCUT2D eigenvalue weighted by Crippen LogP contribution is 2.38. The van der Waals surface area contributed by atoms with Crippen LogP contribution in [0, 0.1) is 11.3 Å². The van der Waals surface area contributed by atoms with Gasteiger partial charge in [0.2, 0.25) is 5.91 Å². The van der Waals surface area contributed by atoms with Crippen LogP contribution in [0.5, 0.6) is 0 Å². The SMILES string of the molecule is CC(NC(=O)CC1(CN)CCCCC1)C1CCCCC1. The number of hydrogen-bond acceptors (Lipinski definition) is 2. The summed E-state index contributed by atoms with van der Waals surface area (Å²) in [5.74, 6) is 0.920. The molecular weight excluding hydrogens is 248 g/mol. The molecule has 3 nitrogen and oxygen atoms in total. The largest absolute Gasteiger partial charge is 0.353 e. The smallest absolute Gasteiger partial charge is 0.220 e. The summed E-state index contributed by atoms with van der Waals surface area (Å²) in [6.45, 7) is 2.85. The second-order valence-electron chi connectivity index (χ2n) is 7.20. The van der Waals surface area contributed by atoms with E-state index in [1.807, 2.05) is 0 Å². The molecule has 0 aliphatic heterocycles. The Labute approximate surface area is 124 Å². The molecular formula is C17H32N2O. The summed E-state index contributed by atoms with van der Waals surface area (Å²) in [5.41, 5.74) is 6.07. The second kappa shape index (κ2) is 7.44. The van der Waals surface area contributed by atoms with E-state index in [2.05, 4.69) is 12.2 Å². The number of amides is 1. The molecule has 1 amide bonds. The van der Waals surface area contributed by atoms with E-state index in [0.717, 1.165) is 12.8 Å². The van der Waals surface area contributed by atoms with Crippen molar-refractivity contribution in [3.63, 3.8) is 0 Å². The lowest BCUT2D eigenvalue weighted by atomic mass is 9.71. The lowest BCUT2D eigenvalue weighted by Gasteiger charge is -2.36. The molecule has 0 heterocycles. The normalized spacial score (nSPS) is 25.1. The zero-order chi connectivity index (χ0) is 14.4. The fourth-order valence-electron chi connectivity index (χ4n) is 4.15. The maximum absolute atomic E-state index is 12.4. The van der Waals surface area contributed by atoms with Crippen LogP contribution in [-0.2, 0) is 4.79 Å². The molecule has 2 aliphatic carbocycles. The molecule has 116 valence electrons. The minimum absolute atomic E-state index is 0.0919. The van der Waals surface area contributed by atoms with Crippen molar-refractivity contribution < 1.29 is 4.79 Å². The lowest BCUT2D eigenvalue weighted by molar-refractivity contribution is -0.124. The van der Waals surface area contributed by atoms with Crippen molar-refractivity contribution in [3.05, 3.63) is 0 Å². The summed E-state index contributed by atoms with van der Waals surface area (Å²) >= 11 is 0. The summed E-state index contributed by atoms with van der Waals surface area (Å²) in [7, 11) is 0. The van der Waals surface area contributed by atoms with E-state index in [1.54, 1.807) is 0 Å². The Bertz CT molecular complexity index is 304. The average Bonchev–Trinajstić information content (AvgIpc) is 2.49. The van der Waals surface area contributed by atoms with Crippen molar-refractivity contribution in [3.8, 4) is 0 Å². The molecule has 0 aromatic carbocycles. The summed E-state index contributed by atoms with van der Waals surface area (Å²) in [4.78, 5) is 12.4. The van der Waals surface area contributed by atoms with Crippen molar-refractivity contribution in [1.29, 1.82) is 0 Å². The van der Waals surface area contributed by atoms with Crippen LogP contribution in [0.3, 0.4) is 0 Å². The van der Waals surface area contributed by atoms with E-state index < -0.39 is 0 Å². The molecule has 3 heteroatoms. The summed E-state index contributed by atoms with van der Waals surface area (Å²) < 4.78 is 0. The van der Waals surface area contributed by atoms with Gasteiger partial charge in [-0.2, -0.15) is 0 Å². The van der Waals surface area contributed by atoms with Crippen LogP contribution in [0.15, 0.2) is 0 Å². The number of nitrogens with two attached hydrogens (primary N) is 1. The highest BCUT2D eigenvalue weighted by molar-refractivity contribution is 5.77. The van der Waals surface area contributed by atoms with Gasteiger partial charge in [0.1, 0.15) is 0 Å². The van der Waals surface area contributed by atoms with Crippen molar-refractivity contribution in [1.82, 2.24) is 5.32 Å². The van der Waals surface area contributed by atoms with E-state index in [-0.39, 0.29) is 11.3 Å². The molecule has 2 rings (SSSR count). The molecule has 0 aromatic rings. The molecule has 1 unspecified atom stereocenters. The first-order valence-electron chi connectivity index (χ1n) is 8.65. The molecule has 2 aliphatic rings. The van der Waals surface area contributed by atoms with Crippen LogP contribution in [0.1, 0.15) is 77.6 Å². The van der Waals surface area contributed by atoms with Crippen LogP contribution < -0.4 is 11.1 Å². The third-order valence-electron chi connectivity index (χ3n) is 5.63. The quantitative estimate of drug-likeness (QED) is 0.811. The van der Waals surface area contributed by atoms with Gasteiger partial charge in [0.05, 0.1) is 0 Å². The van der Waals surface area contributed by atoms with E-state index in [0.29, 0.717) is 24.9 Å². The first-order chi connectivity index (χ1) is 9.65. The average molecular weight is 280 g/mol. The summed E-state index contributed by atoms with van der Waals surface area (Å²) in [6.07, 6.45) is 13.3. The van der Waals surface area contributed by atoms with Gasteiger partial charge >= 0.3 is 0 Å². The third kappa shape index (κ3) is 4.21. The van der Waals surface area contributed by atoms with Crippen LogP contribution in [0.4, 0.5) is 0 Å². The number of rotatable bonds is 5. The Balaban J connectivity index is 1.81. The molecule has 2 fully saturated rings. The molecule has 0 spiro atoms. The van der Waals surface area contributed by atoms with Gasteiger partial charge in [0, 0.05) is 12.5 Å². The van der Waals surface area contributed by atoms with Gasteiger partial charge in [-0.3, -0.25) is 4.79 Å². The molecule has 0 saturated heterocycles. The Hall–Kier alpha value is -0.570. The van der Waals surface area contributed by atoms with Crippen LogP contribution in [0.25, 0.3) is 0 Å². The van der Waals surface area contributed by atoms with Crippen molar-refractivity contribution in [2.45, 2.75) is 83.6 Å². The standard InChI is InChI=1S/C17H32N2O/c1-14(15-8-4-2-5-9-15)19-16(20)12-17(13-18)10-6-3-7-11-17/h14-15H,2-13,18H2,1H3,(H,19,20). The molecule has 1 atom stereocenters. The maximum Gasteiger partial charge on any atom is 0.220 e. The van der Waals surface area contributed by atoms with Gasteiger partial charge in [-0.25, -0.2) is 0 Å². The fraction of sp³-hybridized carbons (Fsp3) is 0.941. The molecule has 3 N–H and O–H groups in total. The van der Waals surface area contributed by atoms with Crippen molar-refractivity contribution in [2.24, 2.45) is 17.1 Å². The number of carbonyl (C=O) groups excluding carboxylic acids is 1. The summed E-state index contributed by atoms with van der Waals surface area (Å²) in [5, 5.41) is 3.26. The molecule has 0 radical (unpaired) electrons. The van der Waals surface area contributed by atoms with E-state index in [4.69, 9.17) is 5.73 Å². The molecule has 2 saturated carbocycles. The lowest BCUT2D eigenvalue weighted by Crippen LogP contribution is -2.43. The Morgan fingerprint density at radius 1 is 1.15 bits per heavy atom. The molecule has 0 aromatic heterocycles. The summed E-state index contributed by atoms with van der Waals surface area (Å²) in [6, 6.07) is 0.334. The zero-order valence-electron chi connectivity index (χ0n) is 13.1. The predicted octanol–water partition coefficient (Wildman–Crippen LogP) is 3.37. The van der Waals surface area contributed by atoms with E-state index in [9.17, 15) is 4.79 Å². The third-order valence-corrected chi connectivity index (χ3v) is 5.63. The highest BCUT2D eigenvalue weighted by atomic mass is 16.1. The van der Waals surface area contributed by atoms with Crippen LogP contribution in [0.2, 0.25) is 0 Å². The fourth-order valence-corrected chi connectivity index (χ4v) is 4.15.